The minimum atomic E-state index is -3.65. The van der Waals surface area contributed by atoms with Gasteiger partial charge in [-0.25, -0.2) is 8.42 Å². The number of halogens is 2. The normalized spacial score (nSPS) is 11.7. The maximum absolute atomic E-state index is 11.0. The lowest BCUT2D eigenvalue weighted by molar-refractivity contribution is 0.425. The van der Waals surface area contributed by atoms with Crippen molar-refractivity contribution in [3.8, 4) is 11.3 Å². The van der Waals surface area contributed by atoms with Crippen LogP contribution in [-0.4, -0.2) is 13.6 Å². The van der Waals surface area contributed by atoms with E-state index < -0.39 is 9.05 Å². The van der Waals surface area contributed by atoms with Crippen LogP contribution < -0.4 is 0 Å². The molecule has 0 N–H and O–H groups in total. The summed E-state index contributed by atoms with van der Waals surface area (Å²) < 4.78 is 27.2. The lowest BCUT2D eigenvalue weighted by Gasteiger charge is -1.98. The SMILES string of the molecule is Cc1c(CS(=O)(=O)Cl)noc1-c1cccc(Cl)c1. The quantitative estimate of drug-likeness (QED) is 0.816. The van der Waals surface area contributed by atoms with E-state index in [1.807, 2.05) is 0 Å². The van der Waals surface area contributed by atoms with E-state index in [0.29, 0.717) is 22.0 Å². The lowest BCUT2D eigenvalue weighted by atomic mass is 10.1. The van der Waals surface area contributed by atoms with Gasteiger partial charge in [-0.3, -0.25) is 0 Å². The van der Waals surface area contributed by atoms with Crippen molar-refractivity contribution in [3.63, 3.8) is 0 Å². The van der Waals surface area contributed by atoms with Crippen LogP contribution in [0.2, 0.25) is 5.02 Å². The van der Waals surface area contributed by atoms with Gasteiger partial charge in [0.1, 0.15) is 11.4 Å². The summed E-state index contributed by atoms with van der Waals surface area (Å²) in [6, 6.07) is 7.03. The molecule has 1 heterocycles. The van der Waals surface area contributed by atoms with Gasteiger partial charge in [-0.2, -0.15) is 0 Å². The van der Waals surface area contributed by atoms with Gasteiger partial charge in [0.05, 0.1) is 0 Å². The Hall–Kier alpha value is -1.04. The Balaban J connectivity index is 2.43. The fourth-order valence-corrected chi connectivity index (χ4v) is 2.66. The fraction of sp³-hybridized carbons (Fsp3) is 0.182. The molecule has 0 spiro atoms. The fourth-order valence-electron chi connectivity index (χ4n) is 1.57. The van der Waals surface area contributed by atoms with Crippen LogP contribution in [0.3, 0.4) is 0 Å². The first kappa shape index (κ1) is 13.4. The second-order valence-electron chi connectivity index (χ2n) is 3.78. The molecule has 2 rings (SSSR count). The molecule has 0 bridgehead atoms. The Labute approximate surface area is 114 Å². The van der Waals surface area contributed by atoms with Crippen molar-refractivity contribution in [1.82, 2.24) is 5.16 Å². The molecule has 96 valence electrons. The number of aromatic nitrogens is 1. The zero-order valence-electron chi connectivity index (χ0n) is 9.35. The van der Waals surface area contributed by atoms with Gasteiger partial charge in [0.2, 0.25) is 9.05 Å². The zero-order valence-corrected chi connectivity index (χ0v) is 11.7. The second kappa shape index (κ2) is 4.91. The van der Waals surface area contributed by atoms with E-state index in [1.54, 1.807) is 31.2 Å². The molecule has 0 aliphatic carbocycles. The molecule has 1 aromatic carbocycles. The standard InChI is InChI=1S/C11H9Cl2NO3S/c1-7-10(6-18(13,15)16)14-17-11(7)8-3-2-4-9(12)5-8/h2-5H,6H2,1H3. The summed E-state index contributed by atoms with van der Waals surface area (Å²) in [6.45, 7) is 1.73. The third-order valence-electron chi connectivity index (χ3n) is 2.42. The van der Waals surface area contributed by atoms with Crippen LogP contribution in [0.4, 0.5) is 0 Å². The van der Waals surface area contributed by atoms with Gasteiger partial charge in [-0.15, -0.1) is 0 Å². The highest BCUT2D eigenvalue weighted by Crippen LogP contribution is 2.28. The molecular formula is C11H9Cl2NO3S. The van der Waals surface area contributed by atoms with Crippen molar-refractivity contribution in [2.75, 3.05) is 0 Å². The van der Waals surface area contributed by atoms with Crippen LogP contribution in [-0.2, 0) is 14.8 Å². The Bertz CT molecular complexity index is 679. The number of hydrogen-bond donors (Lipinski definition) is 0. The molecule has 7 heteroatoms. The summed E-state index contributed by atoms with van der Waals surface area (Å²) in [4.78, 5) is 0. The molecule has 0 fully saturated rings. The van der Waals surface area contributed by atoms with Crippen molar-refractivity contribution >= 4 is 31.3 Å². The van der Waals surface area contributed by atoms with Crippen LogP contribution in [0.5, 0.6) is 0 Å². The third-order valence-corrected chi connectivity index (χ3v) is 3.60. The molecule has 0 saturated carbocycles. The first-order chi connectivity index (χ1) is 8.37. The van der Waals surface area contributed by atoms with Gasteiger partial charge in [0.15, 0.2) is 5.76 Å². The van der Waals surface area contributed by atoms with E-state index in [9.17, 15) is 8.42 Å². The van der Waals surface area contributed by atoms with Gasteiger partial charge in [-0.1, -0.05) is 28.9 Å². The Morgan fingerprint density at radius 3 is 2.72 bits per heavy atom. The Kier molecular flexibility index (Phi) is 3.66. The minimum Gasteiger partial charge on any atom is -0.356 e. The summed E-state index contributed by atoms with van der Waals surface area (Å²) in [5.74, 6) is 0.137. The van der Waals surface area contributed by atoms with Crippen LogP contribution in [0.15, 0.2) is 28.8 Å². The summed E-state index contributed by atoms with van der Waals surface area (Å²) in [7, 11) is 1.54. The van der Waals surface area contributed by atoms with E-state index in [2.05, 4.69) is 5.16 Å². The van der Waals surface area contributed by atoms with E-state index in [0.717, 1.165) is 5.56 Å². The smallest absolute Gasteiger partial charge is 0.238 e. The molecule has 1 aromatic heterocycles. The molecular weight excluding hydrogens is 297 g/mol. The van der Waals surface area contributed by atoms with Gasteiger partial charge < -0.3 is 4.52 Å². The van der Waals surface area contributed by atoms with Crippen LogP contribution in [0.25, 0.3) is 11.3 Å². The predicted octanol–water partition coefficient (Wildman–Crippen LogP) is 3.37. The molecule has 0 amide bonds. The number of benzene rings is 1. The van der Waals surface area contributed by atoms with Crippen LogP contribution in [0.1, 0.15) is 11.3 Å². The van der Waals surface area contributed by atoms with Gasteiger partial charge in [0, 0.05) is 26.8 Å². The monoisotopic (exact) mass is 305 g/mol. The van der Waals surface area contributed by atoms with E-state index >= 15 is 0 Å². The highest BCUT2D eigenvalue weighted by Gasteiger charge is 2.18. The van der Waals surface area contributed by atoms with E-state index in [4.69, 9.17) is 26.8 Å². The molecule has 0 unspecified atom stereocenters. The average Bonchev–Trinajstić information content (AvgIpc) is 2.58. The minimum absolute atomic E-state index is 0.306. The van der Waals surface area contributed by atoms with E-state index in [-0.39, 0.29) is 5.75 Å². The first-order valence-corrected chi connectivity index (χ1v) is 7.86. The van der Waals surface area contributed by atoms with Crippen molar-refractivity contribution in [1.29, 1.82) is 0 Å². The molecule has 0 aliphatic rings. The largest absolute Gasteiger partial charge is 0.356 e. The average molecular weight is 306 g/mol. The molecule has 0 aliphatic heterocycles. The molecule has 18 heavy (non-hydrogen) atoms. The second-order valence-corrected chi connectivity index (χ2v) is 6.99. The molecule has 0 atom stereocenters. The van der Waals surface area contributed by atoms with Crippen molar-refractivity contribution < 1.29 is 12.9 Å². The zero-order chi connectivity index (χ0) is 13.3. The Morgan fingerprint density at radius 2 is 2.11 bits per heavy atom. The Morgan fingerprint density at radius 1 is 1.39 bits per heavy atom. The molecule has 0 radical (unpaired) electrons. The summed E-state index contributed by atoms with van der Waals surface area (Å²) in [5, 5.41) is 4.29. The van der Waals surface area contributed by atoms with Crippen molar-refractivity contribution in [3.05, 3.63) is 40.5 Å². The molecule has 2 aromatic rings. The molecule has 0 saturated heterocycles. The molecule has 4 nitrogen and oxygen atoms in total. The maximum Gasteiger partial charge on any atom is 0.238 e. The highest BCUT2D eigenvalue weighted by atomic mass is 35.7. The number of hydrogen-bond acceptors (Lipinski definition) is 4. The summed E-state index contributed by atoms with van der Waals surface area (Å²) in [5.41, 5.74) is 1.69. The summed E-state index contributed by atoms with van der Waals surface area (Å²) in [6.07, 6.45) is 0. The topological polar surface area (TPSA) is 60.2 Å². The number of rotatable bonds is 3. The highest BCUT2D eigenvalue weighted by molar-refractivity contribution is 8.13. The summed E-state index contributed by atoms with van der Waals surface area (Å²) >= 11 is 5.88. The van der Waals surface area contributed by atoms with Crippen molar-refractivity contribution in [2.45, 2.75) is 12.7 Å². The van der Waals surface area contributed by atoms with Crippen LogP contribution in [0, 0.1) is 6.92 Å². The predicted molar refractivity (Wildman–Crippen MR) is 70.2 cm³/mol. The lowest BCUT2D eigenvalue weighted by Crippen LogP contribution is -1.97. The first-order valence-electron chi connectivity index (χ1n) is 5.00. The van der Waals surface area contributed by atoms with Crippen molar-refractivity contribution in [2.24, 2.45) is 0 Å². The maximum atomic E-state index is 11.0. The third kappa shape index (κ3) is 3.04. The van der Waals surface area contributed by atoms with Gasteiger partial charge in [-0.05, 0) is 19.1 Å². The van der Waals surface area contributed by atoms with Gasteiger partial charge in [0.25, 0.3) is 0 Å². The number of nitrogens with zero attached hydrogens (tertiary/aromatic N) is 1. The van der Waals surface area contributed by atoms with Gasteiger partial charge >= 0.3 is 0 Å². The van der Waals surface area contributed by atoms with Crippen LogP contribution >= 0.6 is 22.3 Å². The van der Waals surface area contributed by atoms with E-state index in [1.165, 1.54) is 0 Å².